The second-order valence-electron chi connectivity index (χ2n) is 10.4. The van der Waals surface area contributed by atoms with E-state index in [0.717, 1.165) is 22.7 Å². The van der Waals surface area contributed by atoms with Crippen molar-refractivity contribution in [3.05, 3.63) is 129 Å². The minimum absolute atomic E-state index is 0.0157. The summed E-state index contributed by atoms with van der Waals surface area (Å²) < 4.78 is 29.0. The van der Waals surface area contributed by atoms with Gasteiger partial charge in [0.25, 0.3) is 10.0 Å². The third-order valence-electron chi connectivity index (χ3n) is 7.16. The highest BCUT2D eigenvalue weighted by molar-refractivity contribution is 7.92. The van der Waals surface area contributed by atoms with E-state index in [9.17, 15) is 18.0 Å². The van der Waals surface area contributed by atoms with Gasteiger partial charge in [0.2, 0.25) is 11.8 Å². The Morgan fingerprint density at radius 2 is 1.44 bits per heavy atom. The van der Waals surface area contributed by atoms with Crippen LogP contribution in [-0.2, 0) is 32.6 Å². The second-order valence-corrected chi connectivity index (χ2v) is 13.5. The quantitative estimate of drug-likeness (QED) is 0.140. The lowest BCUT2D eigenvalue weighted by molar-refractivity contribution is -0.140. The summed E-state index contributed by atoms with van der Waals surface area (Å²) in [7, 11) is -4.20. The van der Waals surface area contributed by atoms with E-state index in [1.165, 1.54) is 29.2 Å². The molecule has 11 heteroatoms. The summed E-state index contributed by atoms with van der Waals surface area (Å²) in [6.45, 7) is 1.86. The molecule has 0 bridgehead atoms. The summed E-state index contributed by atoms with van der Waals surface area (Å²) in [5, 5.41) is 4.02. The van der Waals surface area contributed by atoms with Gasteiger partial charge in [0, 0.05) is 24.5 Å². The molecule has 1 atom stereocenters. The maximum atomic E-state index is 14.4. The molecule has 0 saturated heterocycles. The molecule has 236 valence electrons. The maximum Gasteiger partial charge on any atom is 0.264 e. The molecule has 4 rings (SSSR count). The van der Waals surface area contributed by atoms with Gasteiger partial charge in [0.05, 0.1) is 20.6 Å². The lowest BCUT2D eigenvalue weighted by Gasteiger charge is -2.34. The van der Waals surface area contributed by atoms with Gasteiger partial charge in [-0.05, 0) is 66.1 Å². The number of hydrogen-bond acceptors (Lipinski definition) is 4. The standard InChI is InChI=1S/C34H34Cl3N3O4S/c1-2-3-20-38-34(42)32(22-25-10-6-4-7-11-25)39(23-26-14-19-30(36)31(37)21-26)33(41)24-40(28-17-15-27(35)16-18-28)45(43,44)29-12-8-5-9-13-29/h4-19,21,32H,2-3,20,22-24H2,1H3,(H,38,42)/t32-/m1/s1. The number of unbranched alkanes of at least 4 members (excludes halogenated alkanes) is 1. The van der Waals surface area contributed by atoms with Crippen LogP contribution in [0.4, 0.5) is 5.69 Å². The third kappa shape index (κ3) is 9.23. The van der Waals surface area contributed by atoms with Crippen molar-refractivity contribution in [2.75, 3.05) is 17.4 Å². The van der Waals surface area contributed by atoms with E-state index >= 15 is 0 Å². The van der Waals surface area contributed by atoms with Crippen LogP contribution in [-0.4, -0.2) is 44.3 Å². The first-order chi connectivity index (χ1) is 21.6. The van der Waals surface area contributed by atoms with Crippen molar-refractivity contribution in [3.63, 3.8) is 0 Å². The van der Waals surface area contributed by atoms with Crippen LogP contribution in [0.25, 0.3) is 0 Å². The molecule has 2 amide bonds. The summed E-state index contributed by atoms with van der Waals surface area (Å²) in [4.78, 5) is 29.7. The van der Waals surface area contributed by atoms with Crippen LogP contribution in [0.2, 0.25) is 15.1 Å². The molecule has 0 aromatic heterocycles. The molecular weight excluding hydrogens is 653 g/mol. The highest BCUT2D eigenvalue weighted by Crippen LogP contribution is 2.27. The van der Waals surface area contributed by atoms with Gasteiger partial charge in [-0.3, -0.25) is 13.9 Å². The number of hydrogen-bond donors (Lipinski definition) is 1. The molecule has 45 heavy (non-hydrogen) atoms. The van der Waals surface area contributed by atoms with E-state index in [4.69, 9.17) is 34.8 Å². The molecule has 0 radical (unpaired) electrons. The summed E-state index contributed by atoms with van der Waals surface area (Å²) in [5.41, 5.74) is 1.71. The Morgan fingerprint density at radius 1 is 0.800 bits per heavy atom. The van der Waals surface area contributed by atoms with Gasteiger partial charge in [-0.15, -0.1) is 0 Å². The smallest absolute Gasteiger partial charge is 0.264 e. The zero-order valence-electron chi connectivity index (χ0n) is 24.7. The fourth-order valence-corrected chi connectivity index (χ4v) is 6.63. The number of nitrogens with one attached hydrogen (secondary N) is 1. The number of sulfonamides is 1. The molecule has 0 heterocycles. The van der Waals surface area contributed by atoms with E-state index in [-0.39, 0.29) is 29.5 Å². The van der Waals surface area contributed by atoms with Crippen LogP contribution in [0.3, 0.4) is 0 Å². The first-order valence-corrected chi connectivity index (χ1v) is 17.1. The number of nitrogens with zero attached hydrogens (tertiary/aromatic N) is 2. The van der Waals surface area contributed by atoms with Crippen molar-refractivity contribution < 1.29 is 18.0 Å². The van der Waals surface area contributed by atoms with Gasteiger partial charge in [0.15, 0.2) is 0 Å². The number of carbonyl (C=O) groups excluding carboxylic acids is 2. The predicted molar refractivity (Wildman–Crippen MR) is 181 cm³/mol. The Labute approximate surface area is 279 Å². The molecule has 1 N–H and O–H groups in total. The molecule has 4 aromatic rings. The second kappa shape index (κ2) is 16.1. The monoisotopic (exact) mass is 685 g/mol. The molecule has 0 spiro atoms. The van der Waals surface area contributed by atoms with E-state index in [0.29, 0.717) is 27.2 Å². The van der Waals surface area contributed by atoms with Gasteiger partial charge < -0.3 is 10.2 Å². The average molecular weight is 687 g/mol. The Balaban J connectivity index is 1.79. The number of halogens is 3. The Kier molecular flexibility index (Phi) is 12.3. The number of rotatable bonds is 14. The number of carbonyl (C=O) groups is 2. The number of amides is 2. The van der Waals surface area contributed by atoms with Crippen molar-refractivity contribution in [3.8, 4) is 0 Å². The first kappa shape index (κ1) is 34.3. The van der Waals surface area contributed by atoms with E-state index < -0.39 is 28.5 Å². The molecule has 0 unspecified atom stereocenters. The third-order valence-corrected chi connectivity index (χ3v) is 9.94. The van der Waals surface area contributed by atoms with Crippen LogP contribution in [0, 0.1) is 0 Å². The molecule has 0 fully saturated rings. The van der Waals surface area contributed by atoms with Crippen LogP contribution in [0.1, 0.15) is 30.9 Å². The molecule has 0 aliphatic carbocycles. The topological polar surface area (TPSA) is 86.8 Å². The van der Waals surface area contributed by atoms with Gasteiger partial charge in [-0.2, -0.15) is 0 Å². The Hall–Kier alpha value is -3.56. The van der Waals surface area contributed by atoms with Crippen molar-refractivity contribution in [1.82, 2.24) is 10.2 Å². The first-order valence-electron chi connectivity index (χ1n) is 14.5. The minimum Gasteiger partial charge on any atom is -0.354 e. The van der Waals surface area contributed by atoms with Crippen molar-refractivity contribution >= 4 is 62.3 Å². The summed E-state index contributed by atoms with van der Waals surface area (Å²) in [6.07, 6.45) is 1.85. The Bertz CT molecular complexity index is 1690. The van der Waals surface area contributed by atoms with Crippen molar-refractivity contribution in [1.29, 1.82) is 0 Å². The molecule has 0 aliphatic rings. The minimum atomic E-state index is -4.20. The number of benzene rings is 4. The largest absolute Gasteiger partial charge is 0.354 e. The van der Waals surface area contributed by atoms with Crippen molar-refractivity contribution in [2.45, 2.75) is 43.7 Å². The zero-order chi connectivity index (χ0) is 32.4. The van der Waals surface area contributed by atoms with E-state index in [2.05, 4.69) is 5.32 Å². The van der Waals surface area contributed by atoms with E-state index in [1.807, 2.05) is 37.3 Å². The van der Waals surface area contributed by atoms with Crippen LogP contribution < -0.4 is 9.62 Å². The zero-order valence-corrected chi connectivity index (χ0v) is 27.8. The fourth-order valence-electron chi connectivity index (χ4n) is 4.75. The molecular formula is C34H34Cl3N3O4S. The van der Waals surface area contributed by atoms with Crippen molar-refractivity contribution in [2.24, 2.45) is 0 Å². The van der Waals surface area contributed by atoms with Crippen LogP contribution >= 0.6 is 34.8 Å². The normalized spacial score (nSPS) is 11.9. The molecule has 7 nitrogen and oxygen atoms in total. The number of anilines is 1. The highest BCUT2D eigenvalue weighted by Gasteiger charge is 2.34. The van der Waals surface area contributed by atoms with Gasteiger partial charge in [-0.1, -0.05) is 103 Å². The van der Waals surface area contributed by atoms with E-state index in [1.54, 1.807) is 48.5 Å². The summed E-state index contributed by atoms with van der Waals surface area (Å²) in [6, 6.07) is 27.4. The highest BCUT2D eigenvalue weighted by atomic mass is 35.5. The van der Waals surface area contributed by atoms with Gasteiger partial charge >= 0.3 is 0 Å². The average Bonchev–Trinajstić information content (AvgIpc) is 3.04. The van der Waals surface area contributed by atoms with Crippen LogP contribution in [0.15, 0.2) is 108 Å². The molecule has 0 saturated carbocycles. The lowest BCUT2D eigenvalue weighted by Crippen LogP contribution is -2.53. The van der Waals surface area contributed by atoms with Crippen LogP contribution in [0.5, 0.6) is 0 Å². The van der Waals surface area contributed by atoms with Gasteiger partial charge in [0.1, 0.15) is 12.6 Å². The SMILES string of the molecule is CCCCNC(=O)[C@@H](Cc1ccccc1)N(Cc1ccc(Cl)c(Cl)c1)C(=O)CN(c1ccc(Cl)cc1)S(=O)(=O)c1ccccc1. The fraction of sp³-hybridized carbons (Fsp3) is 0.235. The van der Waals surface area contributed by atoms with Gasteiger partial charge in [-0.25, -0.2) is 8.42 Å². The molecule has 0 aliphatic heterocycles. The summed E-state index contributed by atoms with van der Waals surface area (Å²) in [5.74, 6) is -0.924. The Morgan fingerprint density at radius 3 is 2.07 bits per heavy atom. The maximum absolute atomic E-state index is 14.4. The predicted octanol–water partition coefficient (Wildman–Crippen LogP) is 7.40. The molecule has 4 aromatic carbocycles. The lowest BCUT2D eigenvalue weighted by atomic mass is 10.0. The summed E-state index contributed by atoms with van der Waals surface area (Å²) >= 11 is 18.6.